The lowest BCUT2D eigenvalue weighted by molar-refractivity contribution is 1.59. The maximum atomic E-state index is 6.20. The van der Waals surface area contributed by atoms with E-state index in [9.17, 15) is 0 Å². The largest absolute Gasteiger partial charge is 0.228 e. The van der Waals surface area contributed by atoms with Crippen molar-refractivity contribution in [2.24, 2.45) is 0 Å². The minimum atomic E-state index is -1.88. The molecule has 0 radical (unpaired) electrons. The van der Waals surface area contributed by atoms with Gasteiger partial charge in [0.15, 0.2) is 0 Å². The van der Waals surface area contributed by atoms with Crippen LogP contribution in [0.2, 0.25) is 26.2 Å². The quantitative estimate of drug-likeness (QED) is 0.379. The van der Waals surface area contributed by atoms with E-state index in [0.717, 1.165) is 11.1 Å². The number of rotatable bonds is 0. The van der Waals surface area contributed by atoms with E-state index in [2.05, 4.69) is 22.9 Å². The molecule has 0 bridgehead atoms. The van der Waals surface area contributed by atoms with Gasteiger partial charge in [0, 0.05) is 11.1 Å². The summed E-state index contributed by atoms with van der Waals surface area (Å²) in [6.07, 6.45) is 0. The SMILES string of the molecule is C[Si](C)(Cl)C#Cc1ccccc1C#C[Si](C)(C)Cl. The van der Waals surface area contributed by atoms with Crippen molar-refractivity contribution in [2.45, 2.75) is 26.2 Å². The number of hydrogen-bond acceptors (Lipinski definition) is 0. The van der Waals surface area contributed by atoms with Gasteiger partial charge in [-0.2, -0.15) is 22.2 Å². The molecule has 4 heteroatoms. The zero-order chi connectivity index (χ0) is 13.8. The van der Waals surface area contributed by atoms with E-state index in [4.69, 9.17) is 22.2 Å². The van der Waals surface area contributed by atoms with Gasteiger partial charge < -0.3 is 0 Å². The fourth-order valence-corrected chi connectivity index (χ4v) is 2.28. The molecule has 0 amide bonds. The molecule has 0 fully saturated rings. The lowest BCUT2D eigenvalue weighted by Crippen LogP contribution is -2.13. The summed E-state index contributed by atoms with van der Waals surface area (Å²) in [5.74, 6) is 6.28. The monoisotopic (exact) mass is 310 g/mol. The van der Waals surface area contributed by atoms with Crippen LogP contribution in [-0.2, 0) is 0 Å². The van der Waals surface area contributed by atoms with E-state index < -0.39 is 14.8 Å². The predicted molar refractivity (Wildman–Crippen MR) is 86.9 cm³/mol. The molecular weight excluding hydrogens is 295 g/mol. The normalized spacial score (nSPS) is 11.0. The molecule has 0 N–H and O–H groups in total. The first kappa shape index (κ1) is 15.4. The Labute approximate surface area is 121 Å². The maximum Gasteiger partial charge on any atom is 0.228 e. The van der Waals surface area contributed by atoms with Crippen LogP contribution in [0.3, 0.4) is 0 Å². The van der Waals surface area contributed by atoms with E-state index in [1.165, 1.54) is 0 Å². The Bertz CT molecular complexity index is 492. The van der Waals surface area contributed by atoms with E-state index >= 15 is 0 Å². The minimum Gasteiger partial charge on any atom is -0.151 e. The van der Waals surface area contributed by atoms with E-state index in [1.54, 1.807) is 0 Å². The first-order valence-corrected chi connectivity index (χ1v) is 13.7. The second-order valence-corrected chi connectivity index (χ2v) is 17.0. The van der Waals surface area contributed by atoms with Gasteiger partial charge >= 0.3 is 0 Å². The third kappa shape index (κ3) is 6.33. The van der Waals surface area contributed by atoms with E-state index in [1.807, 2.05) is 50.5 Å². The molecule has 1 aromatic carbocycles. The highest BCUT2D eigenvalue weighted by Crippen LogP contribution is 2.10. The highest BCUT2D eigenvalue weighted by molar-refractivity contribution is 7.24. The minimum absolute atomic E-state index is 0.932. The summed E-state index contributed by atoms with van der Waals surface area (Å²) in [6, 6.07) is 7.86. The van der Waals surface area contributed by atoms with Gasteiger partial charge in [0.2, 0.25) is 14.8 Å². The lowest BCUT2D eigenvalue weighted by Gasteiger charge is -2.02. The van der Waals surface area contributed by atoms with Gasteiger partial charge in [-0.25, -0.2) is 0 Å². The van der Waals surface area contributed by atoms with Gasteiger partial charge in [-0.05, 0) is 38.3 Å². The average molecular weight is 311 g/mol. The molecule has 0 spiro atoms. The van der Waals surface area contributed by atoms with Crippen LogP contribution in [0.5, 0.6) is 0 Å². The molecule has 0 aromatic heterocycles. The first-order valence-electron chi connectivity index (χ1n) is 5.71. The van der Waals surface area contributed by atoms with Crippen LogP contribution in [-0.4, -0.2) is 14.8 Å². The Balaban J connectivity index is 3.14. The lowest BCUT2D eigenvalue weighted by atomic mass is 10.1. The van der Waals surface area contributed by atoms with E-state index in [0.29, 0.717) is 0 Å². The van der Waals surface area contributed by atoms with Crippen molar-refractivity contribution in [3.05, 3.63) is 35.4 Å². The fourth-order valence-electron chi connectivity index (χ4n) is 1.13. The van der Waals surface area contributed by atoms with Crippen molar-refractivity contribution in [3.8, 4) is 22.9 Å². The summed E-state index contributed by atoms with van der Waals surface area (Å²) in [7, 11) is -3.75. The summed E-state index contributed by atoms with van der Waals surface area (Å²) < 4.78 is 0. The second-order valence-electron chi connectivity index (χ2n) is 4.99. The molecule has 0 saturated heterocycles. The maximum absolute atomic E-state index is 6.20. The van der Waals surface area contributed by atoms with Crippen molar-refractivity contribution in [2.75, 3.05) is 0 Å². The van der Waals surface area contributed by atoms with Gasteiger partial charge in [-0.15, -0.1) is 11.1 Å². The van der Waals surface area contributed by atoms with Crippen molar-refractivity contribution < 1.29 is 0 Å². The molecule has 1 rings (SSSR count). The summed E-state index contributed by atoms with van der Waals surface area (Å²) in [5, 5.41) is 0. The summed E-state index contributed by atoms with van der Waals surface area (Å²) in [6.45, 7) is 8.02. The topological polar surface area (TPSA) is 0 Å². The Kier molecular flexibility index (Phi) is 5.13. The van der Waals surface area contributed by atoms with Gasteiger partial charge in [0.05, 0.1) is 0 Å². The van der Waals surface area contributed by atoms with Crippen LogP contribution in [0.4, 0.5) is 0 Å². The highest BCUT2D eigenvalue weighted by atomic mass is 35.6. The Morgan fingerprint density at radius 3 is 1.39 bits per heavy atom. The number of benzene rings is 1. The number of halogens is 2. The number of hydrogen-bond donors (Lipinski definition) is 0. The summed E-state index contributed by atoms with van der Waals surface area (Å²) in [4.78, 5) is 0. The van der Waals surface area contributed by atoms with Crippen LogP contribution in [0.25, 0.3) is 0 Å². The van der Waals surface area contributed by atoms with Gasteiger partial charge in [-0.3, -0.25) is 0 Å². The van der Waals surface area contributed by atoms with Gasteiger partial charge in [0.1, 0.15) is 0 Å². The molecule has 18 heavy (non-hydrogen) atoms. The van der Waals surface area contributed by atoms with Crippen molar-refractivity contribution in [1.82, 2.24) is 0 Å². The molecule has 0 unspecified atom stereocenters. The first-order chi connectivity index (χ1) is 8.17. The zero-order valence-electron chi connectivity index (χ0n) is 11.1. The molecule has 0 atom stereocenters. The van der Waals surface area contributed by atoms with Crippen LogP contribution >= 0.6 is 22.2 Å². The molecule has 0 aliphatic heterocycles. The van der Waals surface area contributed by atoms with Crippen LogP contribution in [0, 0.1) is 22.9 Å². The molecule has 0 saturated carbocycles. The molecule has 0 aliphatic rings. The predicted octanol–water partition coefficient (Wildman–Crippen LogP) is 4.36. The summed E-state index contributed by atoms with van der Waals surface area (Å²) in [5.41, 5.74) is 8.14. The molecule has 0 heterocycles. The van der Waals surface area contributed by atoms with Crippen molar-refractivity contribution in [3.63, 3.8) is 0 Å². The molecule has 0 nitrogen and oxygen atoms in total. The van der Waals surface area contributed by atoms with E-state index in [-0.39, 0.29) is 0 Å². The van der Waals surface area contributed by atoms with Crippen LogP contribution in [0.1, 0.15) is 11.1 Å². The highest BCUT2D eigenvalue weighted by Gasteiger charge is 2.13. The van der Waals surface area contributed by atoms with Gasteiger partial charge in [-0.1, -0.05) is 24.0 Å². The van der Waals surface area contributed by atoms with Crippen molar-refractivity contribution >= 4 is 36.9 Å². The third-order valence-corrected chi connectivity index (χ3v) is 3.92. The summed E-state index contributed by atoms with van der Waals surface area (Å²) >= 11 is 12.4. The Morgan fingerprint density at radius 2 is 1.11 bits per heavy atom. The van der Waals surface area contributed by atoms with Crippen LogP contribution in [0.15, 0.2) is 24.3 Å². The van der Waals surface area contributed by atoms with Crippen molar-refractivity contribution in [1.29, 1.82) is 0 Å². The molecular formula is C14H16Cl2Si2. The fraction of sp³-hybridized carbons (Fsp3) is 0.286. The molecule has 1 aromatic rings. The Morgan fingerprint density at radius 1 is 0.778 bits per heavy atom. The third-order valence-electron chi connectivity index (χ3n) is 1.92. The Hall–Kier alpha value is -0.646. The average Bonchev–Trinajstić information content (AvgIpc) is 2.22. The standard InChI is InChI=1S/C14H16Cl2Si2/c1-17(2,15)11-9-13-7-5-6-8-14(13)10-12-18(3,4)16/h5-8H,1-4H3. The smallest absolute Gasteiger partial charge is 0.151 e. The van der Waals surface area contributed by atoms with Gasteiger partial charge in [0.25, 0.3) is 0 Å². The zero-order valence-corrected chi connectivity index (χ0v) is 14.6. The second kappa shape index (κ2) is 6.00. The molecule has 94 valence electrons. The van der Waals surface area contributed by atoms with Crippen LogP contribution < -0.4 is 0 Å². The molecule has 0 aliphatic carbocycles.